The van der Waals surface area contributed by atoms with Gasteiger partial charge in [0.25, 0.3) is 0 Å². The van der Waals surface area contributed by atoms with Crippen LogP contribution in [0, 0.1) is 29.6 Å². The lowest BCUT2D eigenvalue weighted by atomic mass is 9.68. The highest BCUT2D eigenvalue weighted by Gasteiger charge is 2.48. The number of allylic oxidation sites excluding steroid dienone is 2. The molecule has 0 spiro atoms. The molecule has 1 nitrogen and oxygen atoms in total. The van der Waals surface area contributed by atoms with E-state index in [4.69, 9.17) is 0 Å². The van der Waals surface area contributed by atoms with Crippen molar-refractivity contribution in [2.45, 2.75) is 34.1 Å². The van der Waals surface area contributed by atoms with Crippen molar-refractivity contribution in [2.24, 2.45) is 29.6 Å². The Labute approximate surface area is 86.6 Å². The quantitative estimate of drug-likeness (QED) is 0.614. The minimum Gasteiger partial charge on any atom is -0.299 e. The Kier molecular flexibility index (Phi) is 2.29. The van der Waals surface area contributed by atoms with Crippen molar-refractivity contribution in [3.8, 4) is 0 Å². The Morgan fingerprint density at radius 1 is 1.21 bits per heavy atom. The molecule has 2 aliphatic rings. The number of ketones is 1. The molecular formula is C13H20O. The van der Waals surface area contributed by atoms with Crippen LogP contribution in [0.3, 0.4) is 0 Å². The molecule has 14 heavy (non-hydrogen) atoms. The molecule has 0 saturated carbocycles. The standard InChI is InChI=1S/C13H20O/c1-7(2)12-9-5-10(11(14)6-9)13(12)8(3)4/h5,7-8,10,12-13H,6H2,1-4H3. The van der Waals surface area contributed by atoms with Gasteiger partial charge in [0.05, 0.1) is 0 Å². The van der Waals surface area contributed by atoms with Gasteiger partial charge in [-0.2, -0.15) is 0 Å². The molecule has 0 aromatic carbocycles. The van der Waals surface area contributed by atoms with Gasteiger partial charge in [0.1, 0.15) is 5.78 Å². The SMILES string of the molecule is CC(C)C1C2=CC(C(=O)C2)C1C(C)C. The number of hydrogen-bond acceptors (Lipinski definition) is 1. The van der Waals surface area contributed by atoms with Crippen LogP contribution in [0.25, 0.3) is 0 Å². The summed E-state index contributed by atoms with van der Waals surface area (Å²) >= 11 is 0. The molecule has 3 atom stereocenters. The summed E-state index contributed by atoms with van der Waals surface area (Å²) in [6, 6.07) is 0. The largest absolute Gasteiger partial charge is 0.299 e. The fraction of sp³-hybridized carbons (Fsp3) is 0.769. The monoisotopic (exact) mass is 192 g/mol. The molecule has 78 valence electrons. The zero-order valence-corrected chi connectivity index (χ0v) is 9.58. The zero-order valence-electron chi connectivity index (χ0n) is 9.58. The highest BCUT2D eigenvalue weighted by atomic mass is 16.1. The van der Waals surface area contributed by atoms with E-state index in [2.05, 4.69) is 33.8 Å². The fourth-order valence-corrected chi connectivity index (χ4v) is 3.43. The van der Waals surface area contributed by atoms with Gasteiger partial charge in [0.15, 0.2) is 0 Å². The number of rotatable bonds is 2. The summed E-state index contributed by atoms with van der Waals surface area (Å²) in [6.07, 6.45) is 3.01. The average molecular weight is 192 g/mol. The molecule has 0 N–H and O–H groups in total. The van der Waals surface area contributed by atoms with Crippen LogP contribution in [0.1, 0.15) is 34.1 Å². The Morgan fingerprint density at radius 2 is 1.86 bits per heavy atom. The van der Waals surface area contributed by atoms with Gasteiger partial charge in [-0.3, -0.25) is 4.79 Å². The van der Waals surface area contributed by atoms with Gasteiger partial charge >= 0.3 is 0 Å². The predicted octanol–water partition coefficient (Wildman–Crippen LogP) is 3.06. The van der Waals surface area contributed by atoms with Crippen molar-refractivity contribution in [2.75, 3.05) is 0 Å². The highest BCUT2D eigenvalue weighted by Crippen LogP contribution is 2.51. The summed E-state index contributed by atoms with van der Waals surface area (Å²) < 4.78 is 0. The van der Waals surface area contributed by atoms with Crippen LogP contribution in [0.2, 0.25) is 0 Å². The Balaban J connectivity index is 2.27. The molecule has 2 bridgehead atoms. The van der Waals surface area contributed by atoms with Crippen LogP contribution >= 0.6 is 0 Å². The van der Waals surface area contributed by atoms with E-state index in [1.54, 1.807) is 0 Å². The summed E-state index contributed by atoms with van der Waals surface area (Å²) in [5, 5.41) is 0. The molecule has 0 amide bonds. The first-order valence-electron chi connectivity index (χ1n) is 5.75. The van der Waals surface area contributed by atoms with Crippen molar-refractivity contribution < 1.29 is 4.79 Å². The van der Waals surface area contributed by atoms with Crippen molar-refractivity contribution >= 4 is 5.78 Å². The van der Waals surface area contributed by atoms with Gasteiger partial charge in [-0.05, 0) is 23.7 Å². The van der Waals surface area contributed by atoms with E-state index in [0.717, 1.165) is 6.42 Å². The second kappa shape index (κ2) is 3.22. The van der Waals surface area contributed by atoms with Crippen LogP contribution in [-0.2, 0) is 4.79 Å². The summed E-state index contributed by atoms with van der Waals surface area (Å²) in [4.78, 5) is 11.7. The maximum Gasteiger partial charge on any atom is 0.144 e. The second-order valence-corrected chi connectivity index (χ2v) is 5.50. The van der Waals surface area contributed by atoms with Crippen LogP contribution < -0.4 is 0 Å². The molecular weight excluding hydrogens is 172 g/mol. The average Bonchev–Trinajstić information content (AvgIpc) is 2.58. The lowest BCUT2D eigenvalue weighted by Crippen LogP contribution is -2.34. The van der Waals surface area contributed by atoms with E-state index in [9.17, 15) is 4.79 Å². The zero-order chi connectivity index (χ0) is 10.5. The number of hydrogen-bond donors (Lipinski definition) is 0. The Hall–Kier alpha value is -0.590. The van der Waals surface area contributed by atoms with Crippen LogP contribution in [0.4, 0.5) is 0 Å². The number of Topliss-reactive ketones (excluding diaryl/α,β-unsaturated/α-hetero) is 1. The lowest BCUT2D eigenvalue weighted by Gasteiger charge is -2.35. The molecule has 0 aromatic heterocycles. The lowest BCUT2D eigenvalue weighted by molar-refractivity contribution is -0.123. The van der Waals surface area contributed by atoms with Gasteiger partial charge in [0.2, 0.25) is 0 Å². The predicted molar refractivity (Wildman–Crippen MR) is 57.9 cm³/mol. The molecule has 2 aliphatic carbocycles. The third-order valence-corrected chi connectivity index (χ3v) is 3.89. The summed E-state index contributed by atoms with van der Waals surface area (Å²) in [5.41, 5.74) is 1.44. The summed E-state index contributed by atoms with van der Waals surface area (Å²) in [5.74, 6) is 3.31. The van der Waals surface area contributed by atoms with Crippen LogP contribution in [-0.4, -0.2) is 5.78 Å². The fourth-order valence-electron chi connectivity index (χ4n) is 3.43. The molecule has 0 aliphatic heterocycles. The third kappa shape index (κ3) is 1.25. The first-order chi connectivity index (χ1) is 6.52. The molecule has 3 unspecified atom stereocenters. The van der Waals surface area contributed by atoms with Crippen molar-refractivity contribution in [1.29, 1.82) is 0 Å². The Morgan fingerprint density at radius 3 is 2.36 bits per heavy atom. The van der Waals surface area contributed by atoms with Crippen molar-refractivity contribution in [3.05, 3.63) is 11.6 Å². The van der Waals surface area contributed by atoms with Crippen LogP contribution in [0.5, 0.6) is 0 Å². The van der Waals surface area contributed by atoms with Crippen molar-refractivity contribution in [1.82, 2.24) is 0 Å². The number of carbonyl (C=O) groups excluding carboxylic acids is 1. The minimum atomic E-state index is 0.261. The van der Waals surface area contributed by atoms with Crippen LogP contribution in [0.15, 0.2) is 11.6 Å². The molecule has 0 saturated heterocycles. The maximum absolute atomic E-state index is 11.7. The van der Waals surface area contributed by atoms with Gasteiger partial charge in [-0.1, -0.05) is 39.3 Å². The molecule has 0 heterocycles. The molecule has 0 fully saturated rings. The molecule has 0 aromatic rings. The van der Waals surface area contributed by atoms with Gasteiger partial charge in [0, 0.05) is 12.3 Å². The first-order valence-corrected chi connectivity index (χ1v) is 5.75. The summed E-state index contributed by atoms with van der Waals surface area (Å²) in [7, 11) is 0. The smallest absolute Gasteiger partial charge is 0.144 e. The van der Waals surface area contributed by atoms with E-state index < -0.39 is 0 Å². The number of fused-ring (bicyclic) bond motifs is 1. The van der Waals surface area contributed by atoms with E-state index in [0.29, 0.717) is 29.5 Å². The van der Waals surface area contributed by atoms with E-state index in [1.807, 2.05) is 0 Å². The summed E-state index contributed by atoms with van der Waals surface area (Å²) in [6.45, 7) is 9.07. The highest BCUT2D eigenvalue weighted by molar-refractivity contribution is 5.90. The second-order valence-electron chi connectivity index (χ2n) is 5.50. The minimum absolute atomic E-state index is 0.261. The third-order valence-electron chi connectivity index (χ3n) is 3.89. The van der Waals surface area contributed by atoms with Crippen molar-refractivity contribution in [3.63, 3.8) is 0 Å². The van der Waals surface area contributed by atoms with E-state index in [1.165, 1.54) is 5.57 Å². The van der Waals surface area contributed by atoms with Gasteiger partial charge in [-0.25, -0.2) is 0 Å². The number of carbonyl (C=O) groups is 1. The normalized spacial score (nSPS) is 36.0. The Bertz CT molecular complexity index is 286. The van der Waals surface area contributed by atoms with E-state index in [-0.39, 0.29) is 5.92 Å². The molecule has 1 heteroatoms. The molecule has 0 radical (unpaired) electrons. The van der Waals surface area contributed by atoms with Gasteiger partial charge < -0.3 is 0 Å². The van der Waals surface area contributed by atoms with Gasteiger partial charge in [-0.15, -0.1) is 0 Å². The molecule has 2 rings (SSSR count). The topological polar surface area (TPSA) is 17.1 Å². The van der Waals surface area contributed by atoms with E-state index >= 15 is 0 Å². The maximum atomic E-state index is 11.7. The first kappa shape index (κ1) is 9.95.